The van der Waals surface area contributed by atoms with Crippen molar-refractivity contribution in [3.05, 3.63) is 199 Å². The van der Waals surface area contributed by atoms with E-state index in [0.717, 1.165) is 44.8 Å². The smallest absolute Gasteiger partial charge is 0.160 e. The summed E-state index contributed by atoms with van der Waals surface area (Å²) in [6.45, 7) is 4.69. The summed E-state index contributed by atoms with van der Waals surface area (Å²) in [5.74, 6) is 0.718. The van der Waals surface area contributed by atoms with Gasteiger partial charge in [-0.25, -0.2) is 9.97 Å². The highest BCUT2D eigenvalue weighted by molar-refractivity contribution is 5.99. The maximum Gasteiger partial charge on any atom is 0.160 e. The molecule has 0 fully saturated rings. The molecule has 10 aromatic rings. The Labute approximate surface area is 332 Å². The molecule has 0 spiro atoms. The van der Waals surface area contributed by atoms with Crippen molar-refractivity contribution >= 4 is 32.4 Å². The van der Waals surface area contributed by atoms with Crippen molar-refractivity contribution in [1.82, 2.24) is 15.0 Å². The minimum atomic E-state index is -0.142. The molecule has 2 heterocycles. The van der Waals surface area contributed by atoms with Crippen LogP contribution < -0.4 is 0 Å². The molecule has 57 heavy (non-hydrogen) atoms. The minimum absolute atomic E-state index is 0.142. The van der Waals surface area contributed by atoms with E-state index in [1.54, 1.807) is 0 Å². The average Bonchev–Trinajstić information content (AvgIpc) is 3.50. The summed E-state index contributed by atoms with van der Waals surface area (Å²) in [5, 5.41) is 6.02. The molecule has 268 valence electrons. The Kier molecular flexibility index (Phi) is 7.52. The lowest BCUT2D eigenvalue weighted by Gasteiger charge is -2.22. The Hall–Kier alpha value is -7.23. The quantitative estimate of drug-likeness (QED) is 0.177. The van der Waals surface area contributed by atoms with Crippen LogP contribution in [0.4, 0.5) is 0 Å². The van der Waals surface area contributed by atoms with Crippen molar-refractivity contribution in [2.24, 2.45) is 0 Å². The van der Waals surface area contributed by atoms with Crippen LogP contribution in [0, 0.1) is 0 Å². The number of fused-ring (bicyclic) bond motifs is 6. The molecule has 0 bridgehead atoms. The van der Waals surface area contributed by atoms with Crippen LogP contribution in [0.15, 0.2) is 188 Å². The second kappa shape index (κ2) is 12.9. The largest absolute Gasteiger partial charge is 0.256 e. The molecule has 8 aromatic carbocycles. The van der Waals surface area contributed by atoms with E-state index in [4.69, 9.17) is 9.97 Å². The third-order valence-corrected chi connectivity index (χ3v) is 11.9. The summed E-state index contributed by atoms with van der Waals surface area (Å²) >= 11 is 0. The fourth-order valence-corrected chi connectivity index (χ4v) is 8.83. The predicted octanol–water partition coefficient (Wildman–Crippen LogP) is 14.0. The van der Waals surface area contributed by atoms with Gasteiger partial charge < -0.3 is 0 Å². The number of pyridine rings is 1. The normalized spacial score (nSPS) is 12.9. The number of hydrogen-bond acceptors (Lipinski definition) is 3. The molecule has 3 heteroatoms. The molecule has 0 radical (unpaired) electrons. The standard InChI is InChI=1S/C54H37N3/c1-54(2)47-16-8-15-45(52(47)46-31-37-12-6-7-13-38(37)32-48(46)54)51-33-50(56-53(57-51)36-10-4-3-5-11-36)44-24-23-41-28-39(21-22-42(41)30-44)34-17-19-35(20-18-34)40-25-26-49-43(29-40)14-9-27-55-49/h3-33H,1-2H3. The van der Waals surface area contributed by atoms with Crippen LogP contribution in [0.3, 0.4) is 0 Å². The third-order valence-electron chi connectivity index (χ3n) is 11.9. The highest BCUT2D eigenvalue weighted by Crippen LogP contribution is 2.53. The molecule has 0 N–H and O–H groups in total. The van der Waals surface area contributed by atoms with Gasteiger partial charge in [-0.05, 0) is 115 Å². The van der Waals surface area contributed by atoms with Crippen LogP contribution in [0.1, 0.15) is 25.0 Å². The highest BCUT2D eigenvalue weighted by atomic mass is 14.9. The Morgan fingerprint density at radius 3 is 1.74 bits per heavy atom. The van der Waals surface area contributed by atoms with Crippen LogP contribution in [0.25, 0.3) is 99.7 Å². The van der Waals surface area contributed by atoms with E-state index >= 15 is 0 Å². The molecule has 2 aromatic heterocycles. The summed E-state index contributed by atoms with van der Waals surface area (Å²) in [4.78, 5) is 15.0. The molecule has 0 unspecified atom stereocenters. The monoisotopic (exact) mass is 727 g/mol. The summed E-state index contributed by atoms with van der Waals surface area (Å²) in [6.07, 6.45) is 1.84. The fourth-order valence-electron chi connectivity index (χ4n) is 8.83. The minimum Gasteiger partial charge on any atom is -0.256 e. The van der Waals surface area contributed by atoms with Crippen molar-refractivity contribution in [3.63, 3.8) is 0 Å². The Morgan fingerprint density at radius 1 is 0.368 bits per heavy atom. The predicted molar refractivity (Wildman–Crippen MR) is 237 cm³/mol. The van der Waals surface area contributed by atoms with Gasteiger partial charge in [-0.3, -0.25) is 4.98 Å². The first kappa shape index (κ1) is 33.1. The zero-order chi connectivity index (χ0) is 38.1. The molecule has 0 atom stereocenters. The maximum absolute atomic E-state index is 5.29. The second-order valence-electron chi connectivity index (χ2n) is 15.7. The summed E-state index contributed by atoms with van der Waals surface area (Å²) in [5.41, 5.74) is 15.9. The van der Waals surface area contributed by atoms with E-state index in [1.807, 2.05) is 18.3 Å². The summed E-state index contributed by atoms with van der Waals surface area (Å²) in [7, 11) is 0. The Balaban J connectivity index is 0.986. The molecule has 0 aliphatic heterocycles. The Bertz CT molecular complexity index is 3200. The number of nitrogens with zero attached hydrogens (tertiary/aromatic N) is 3. The first-order valence-electron chi connectivity index (χ1n) is 19.6. The van der Waals surface area contributed by atoms with Crippen molar-refractivity contribution in [3.8, 4) is 67.3 Å². The van der Waals surface area contributed by atoms with E-state index in [0.29, 0.717) is 0 Å². The average molecular weight is 728 g/mol. The summed E-state index contributed by atoms with van der Waals surface area (Å²) in [6, 6.07) is 65.5. The molecule has 11 rings (SSSR count). The van der Waals surface area contributed by atoms with Crippen LogP contribution in [-0.4, -0.2) is 15.0 Å². The molecule has 1 aliphatic rings. The fraction of sp³-hybridized carbons (Fsp3) is 0.0556. The second-order valence-corrected chi connectivity index (χ2v) is 15.7. The van der Waals surface area contributed by atoms with Gasteiger partial charge in [-0.1, -0.05) is 147 Å². The first-order valence-corrected chi connectivity index (χ1v) is 19.6. The summed E-state index contributed by atoms with van der Waals surface area (Å²) < 4.78 is 0. The highest BCUT2D eigenvalue weighted by Gasteiger charge is 2.37. The van der Waals surface area contributed by atoms with Crippen LogP contribution in [0.5, 0.6) is 0 Å². The van der Waals surface area contributed by atoms with Gasteiger partial charge in [0.15, 0.2) is 5.82 Å². The molecular formula is C54H37N3. The maximum atomic E-state index is 5.29. The van der Waals surface area contributed by atoms with E-state index in [1.165, 1.54) is 66.1 Å². The van der Waals surface area contributed by atoms with Crippen LogP contribution in [-0.2, 0) is 5.41 Å². The number of hydrogen-bond donors (Lipinski definition) is 0. The lowest BCUT2D eigenvalue weighted by atomic mass is 9.81. The van der Waals surface area contributed by atoms with E-state index < -0.39 is 0 Å². The van der Waals surface area contributed by atoms with E-state index in [9.17, 15) is 0 Å². The first-order chi connectivity index (χ1) is 28.0. The van der Waals surface area contributed by atoms with Gasteiger partial charge in [-0.15, -0.1) is 0 Å². The SMILES string of the molecule is CC1(C)c2cc3ccccc3cc2-c2c(-c3cc(-c4ccc5cc(-c6ccc(-c7ccc8ncccc8c7)cc6)ccc5c4)nc(-c4ccccc4)n3)cccc21. The zero-order valence-corrected chi connectivity index (χ0v) is 31.7. The van der Waals surface area contributed by atoms with Gasteiger partial charge >= 0.3 is 0 Å². The molecule has 3 nitrogen and oxygen atoms in total. The van der Waals surface area contributed by atoms with Gasteiger partial charge in [-0.2, -0.15) is 0 Å². The number of aromatic nitrogens is 3. The third kappa shape index (κ3) is 5.62. The van der Waals surface area contributed by atoms with Gasteiger partial charge in [0, 0.05) is 33.7 Å². The van der Waals surface area contributed by atoms with Gasteiger partial charge in [0.1, 0.15) is 0 Å². The van der Waals surface area contributed by atoms with E-state index in [-0.39, 0.29) is 5.41 Å². The molecule has 1 aliphatic carbocycles. The molecule has 0 saturated heterocycles. The Morgan fingerprint density at radius 2 is 0.965 bits per heavy atom. The van der Waals surface area contributed by atoms with Gasteiger partial charge in [0.05, 0.1) is 16.9 Å². The van der Waals surface area contributed by atoms with Crippen molar-refractivity contribution in [1.29, 1.82) is 0 Å². The molecule has 0 saturated carbocycles. The van der Waals surface area contributed by atoms with Gasteiger partial charge in [0.2, 0.25) is 0 Å². The van der Waals surface area contributed by atoms with Crippen LogP contribution >= 0.6 is 0 Å². The van der Waals surface area contributed by atoms with Crippen molar-refractivity contribution in [2.75, 3.05) is 0 Å². The molecule has 0 amide bonds. The topological polar surface area (TPSA) is 38.7 Å². The number of benzene rings is 8. The van der Waals surface area contributed by atoms with Gasteiger partial charge in [0.25, 0.3) is 0 Å². The molecular weight excluding hydrogens is 691 g/mol. The van der Waals surface area contributed by atoms with E-state index in [2.05, 4.69) is 189 Å². The lowest BCUT2D eigenvalue weighted by molar-refractivity contribution is 0.661. The van der Waals surface area contributed by atoms with Crippen molar-refractivity contribution in [2.45, 2.75) is 19.3 Å². The lowest BCUT2D eigenvalue weighted by Crippen LogP contribution is -2.14. The van der Waals surface area contributed by atoms with Crippen LogP contribution in [0.2, 0.25) is 0 Å². The zero-order valence-electron chi connectivity index (χ0n) is 31.7. The number of rotatable bonds is 5. The van der Waals surface area contributed by atoms with Crippen molar-refractivity contribution < 1.29 is 0 Å².